The zero-order chi connectivity index (χ0) is 19.9. The van der Waals surface area contributed by atoms with Crippen molar-refractivity contribution in [1.82, 2.24) is 10.6 Å². The molecule has 0 spiro atoms. The molecule has 1 aromatic rings. The van der Waals surface area contributed by atoms with Crippen molar-refractivity contribution in [3.63, 3.8) is 0 Å². The first kappa shape index (κ1) is 21.5. The summed E-state index contributed by atoms with van der Waals surface area (Å²) < 4.78 is 7.05. The molecule has 2 aliphatic rings. The van der Waals surface area contributed by atoms with E-state index in [1.54, 1.807) is 6.08 Å². The number of carbonyl (C=O) groups is 1. The van der Waals surface area contributed by atoms with Gasteiger partial charge in [-0.15, -0.1) is 0 Å². The Hall–Kier alpha value is -1.16. The van der Waals surface area contributed by atoms with E-state index < -0.39 is 12.2 Å². The first-order valence-electron chi connectivity index (χ1n) is 10.0. The normalized spacial score (nSPS) is 25.8. The Balaban J connectivity index is 1.77. The molecule has 2 aliphatic carbocycles. The molecule has 3 atom stereocenters. The molecule has 0 bridgehead atoms. The Morgan fingerprint density at radius 2 is 1.96 bits per heavy atom. The summed E-state index contributed by atoms with van der Waals surface area (Å²) in [5.41, 5.74) is 0.586. The van der Waals surface area contributed by atoms with Crippen molar-refractivity contribution in [2.45, 2.75) is 62.8 Å². The van der Waals surface area contributed by atoms with Gasteiger partial charge in [0.15, 0.2) is 0 Å². The second-order valence-corrected chi connectivity index (χ2v) is 8.65. The molecule has 0 aromatic heterocycles. The second kappa shape index (κ2) is 10.6. The van der Waals surface area contributed by atoms with Gasteiger partial charge in [-0.2, -0.15) is 0 Å². The summed E-state index contributed by atoms with van der Waals surface area (Å²) >= 11 is 2.20. The predicted octanol–water partition coefficient (Wildman–Crippen LogP) is 2.13. The summed E-state index contributed by atoms with van der Waals surface area (Å²) in [4.78, 5) is 12.5. The number of carbonyl (C=O) groups excluding carboxylic acids is 1. The van der Waals surface area contributed by atoms with Gasteiger partial charge in [-0.25, -0.2) is 0 Å². The highest BCUT2D eigenvalue weighted by atomic mass is 127. The minimum absolute atomic E-state index is 0.104. The predicted molar refractivity (Wildman–Crippen MR) is 116 cm³/mol. The Morgan fingerprint density at radius 3 is 2.68 bits per heavy atom. The van der Waals surface area contributed by atoms with Crippen molar-refractivity contribution in [3.05, 3.63) is 39.5 Å². The molecule has 1 aromatic carbocycles. The van der Waals surface area contributed by atoms with Gasteiger partial charge in [0.1, 0.15) is 18.0 Å². The number of amides is 1. The van der Waals surface area contributed by atoms with Crippen LogP contribution < -0.4 is 15.4 Å². The van der Waals surface area contributed by atoms with Gasteiger partial charge in [0.2, 0.25) is 5.91 Å². The maximum absolute atomic E-state index is 12.5. The Labute approximate surface area is 179 Å². The zero-order valence-electron chi connectivity index (χ0n) is 15.9. The van der Waals surface area contributed by atoms with Gasteiger partial charge in [-0.05, 0) is 60.1 Å². The van der Waals surface area contributed by atoms with E-state index in [2.05, 4.69) is 33.2 Å². The van der Waals surface area contributed by atoms with E-state index in [1.165, 1.54) is 19.3 Å². The number of nitrogens with one attached hydrogen (secondary N) is 2. The molecule has 4 N–H and O–H groups in total. The van der Waals surface area contributed by atoms with Gasteiger partial charge in [0, 0.05) is 24.2 Å². The van der Waals surface area contributed by atoms with E-state index in [9.17, 15) is 9.90 Å². The number of para-hydroxylation sites is 1. The van der Waals surface area contributed by atoms with E-state index in [0.717, 1.165) is 16.4 Å². The smallest absolute Gasteiger partial charge is 0.247 e. The molecule has 7 heteroatoms. The van der Waals surface area contributed by atoms with Crippen molar-refractivity contribution < 1.29 is 19.7 Å². The summed E-state index contributed by atoms with van der Waals surface area (Å²) in [5.74, 6) is 0.476. The Bertz CT molecular complexity index is 691. The molecule has 0 heterocycles. The molecule has 1 saturated carbocycles. The molecule has 1 fully saturated rings. The third kappa shape index (κ3) is 5.68. The molecule has 3 unspecified atom stereocenters. The summed E-state index contributed by atoms with van der Waals surface area (Å²) in [5, 5.41) is 26.3. The van der Waals surface area contributed by atoms with Gasteiger partial charge < -0.3 is 25.6 Å². The summed E-state index contributed by atoms with van der Waals surface area (Å²) in [7, 11) is 0. The average Bonchev–Trinajstić information content (AvgIpc) is 2.71. The minimum atomic E-state index is -0.743. The molecule has 1 amide bonds. The number of benzene rings is 1. The van der Waals surface area contributed by atoms with Crippen molar-refractivity contribution in [3.8, 4) is 5.75 Å². The third-order valence-corrected chi connectivity index (χ3v) is 6.29. The van der Waals surface area contributed by atoms with Crippen LogP contribution in [0.1, 0.15) is 38.5 Å². The van der Waals surface area contributed by atoms with E-state index in [-0.39, 0.29) is 25.1 Å². The first-order chi connectivity index (χ1) is 13.6. The number of hydrogen-bond donors (Lipinski definition) is 4. The molecular formula is C21H29IN2O4. The molecule has 6 nitrogen and oxygen atoms in total. The Kier molecular flexibility index (Phi) is 8.13. The maximum Gasteiger partial charge on any atom is 0.247 e. The van der Waals surface area contributed by atoms with E-state index in [4.69, 9.17) is 9.84 Å². The molecule has 3 rings (SSSR count). The lowest BCUT2D eigenvalue weighted by atomic mass is 9.87. The van der Waals surface area contributed by atoms with Crippen LogP contribution in [0.5, 0.6) is 5.75 Å². The Morgan fingerprint density at radius 1 is 1.21 bits per heavy atom. The largest absolute Gasteiger partial charge is 0.482 e. The second-order valence-electron chi connectivity index (χ2n) is 7.49. The zero-order valence-corrected chi connectivity index (χ0v) is 18.1. The highest BCUT2D eigenvalue weighted by molar-refractivity contribution is 14.1. The number of aliphatic hydroxyl groups excluding tert-OH is 2. The SMILES string of the molecule is O=C(NCCO)C1=CC(Oc2ccccc2I)C(O)C(NC2CCCCC2)C1. The fourth-order valence-corrected chi connectivity index (χ4v) is 4.44. The number of halogens is 1. The maximum atomic E-state index is 12.5. The fourth-order valence-electron chi connectivity index (χ4n) is 3.92. The van der Waals surface area contributed by atoms with Crippen LogP contribution in [-0.4, -0.2) is 53.6 Å². The first-order valence-corrected chi connectivity index (χ1v) is 11.1. The fraction of sp³-hybridized carbons (Fsp3) is 0.571. The molecule has 28 heavy (non-hydrogen) atoms. The van der Waals surface area contributed by atoms with Crippen LogP contribution in [0.4, 0.5) is 0 Å². The van der Waals surface area contributed by atoms with Crippen LogP contribution in [0.2, 0.25) is 0 Å². The van der Waals surface area contributed by atoms with Crippen LogP contribution in [0, 0.1) is 3.57 Å². The highest BCUT2D eigenvalue weighted by Gasteiger charge is 2.36. The van der Waals surface area contributed by atoms with Crippen molar-refractivity contribution >= 4 is 28.5 Å². The number of rotatable bonds is 7. The highest BCUT2D eigenvalue weighted by Crippen LogP contribution is 2.28. The quantitative estimate of drug-likeness (QED) is 0.431. The molecular weight excluding hydrogens is 471 g/mol. The van der Waals surface area contributed by atoms with Crippen molar-refractivity contribution in [2.75, 3.05) is 13.2 Å². The van der Waals surface area contributed by atoms with Crippen LogP contribution >= 0.6 is 22.6 Å². The van der Waals surface area contributed by atoms with Crippen LogP contribution in [-0.2, 0) is 4.79 Å². The summed E-state index contributed by atoms with van der Waals surface area (Å²) in [6, 6.07) is 7.76. The monoisotopic (exact) mass is 500 g/mol. The van der Waals surface area contributed by atoms with Gasteiger partial charge in [0.25, 0.3) is 0 Å². The van der Waals surface area contributed by atoms with Gasteiger partial charge >= 0.3 is 0 Å². The molecule has 0 radical (unpaired) electrons. The minimum Gasteiger partial charge on any atom is -0.482 e. The van der Waals surface area contributed by atoms with Gasteiger partial charge in [0.05, 0.1) is 10.2 Å². The number of ether oxygens (including phenoxy) is 1. The lowest BCUT2D eigenvalue weighted by Crippen LogP contribution is -2.54. The standard InChI is InChI=1S/C21H29IN2O4/c22-16-8-4-5-9-18(16)28-19-13-14(21(27)23-10-11-25)12-17(20(19)26)24-15-6-2-1-3-7-15/h4-5,8-9,13,15,17,19-20,24-26H,1-3,6-7,10-12H2,(H,23,27). The van der Waals surface area contributed by atoms with Crippen LogP contribution in [0.3, 0.4) is 0 Å². The van der Waals surface area contributed by atoms with Crippen LogP contribution in [0.15, 0.2) is 35.9 Å². The van der Waals surface area contributed by atoms with Crippen LogP contribution in [0.25, 0.3) is 0 Å². The van der Waals surface area contributed by atoms with E-state index in [1.807, 2.05) is 24.3 Å². The summed E-state index contributed by atoms with van der Waals surface area (Å²) in [6.45, 7) is 0.106. The average molecular weight is 500 g/mol. The van der Waals surface area contributed by atoms with Crippen molar-refractivity contribution in [2.24, 2.45) is 0 Å². The number of aliphatic hydroxyl groups is 2. The third-order valence-electron chi connectivity index (χ3n) is 5.40. The summed E-state index contributed by atoms with van der Waals surface area (Å²) in [6.07, 6.45) is 6.67. The topological polar surface area (TPSA) is 90.8 Å². The molecule has 154 valence electrons. The molecule has 0 aliphatic heterocycles. The lowest BCUT2D eigenvalue weighted by Gasteiger charge is -2.37. The van der Waals surface area contributed by atoms with Crippen molar-refractivity contribution in [1.29, 1.82) is 0 Å². The van der Waals surface area contributed by atoms with E-state index >= 15 is 0 Å². The van der Waals surface area contributed by atoms with Gasteiger partial charge in [-0.3, -0.25) is 4.79 Å². The lowest BCUT2D eigenvalue weighted by molar-refractivity contribution is -0.118. The number of hydrogen-bond acceptors (Lipinski definition) is 5. The van der Waals surface area contributed by atoms with Gasteiger partial charge in [-0.1, -0.05) is 31.4 Å². The molecule has 0 saturated heterocycles. The van der Waals surface area contributed by atoms with E-state index in [0.29, 0.717) is 23.8 Å².